The maximum Gasteiger partial charge on any atom is 0.397 e. The number of hydrogen-bond acceptors (Lipinski definition) is 6. The molecule has 9 heteroatoms. The van der Waals surface area contributed by atoms with E-state index in [9.17, 15) is 8.78 Å². The number of alkyl halides is 2. The van der Waals surface area contributed by atoms with Crippen molar-refractivity contribution in [1.29, 1.82) is 0 Å². The fraction of sp³-hybridized carbons (Fsp3) is 0.625. The Morgan fingerprint density at radius 3 is 2.36 bits per heavy atom. The molecule has 33 heavy (non-hydrogen) atoms. The van der Waals surface area contributed by atoms with E-state index in [0.29, 0.717) is 5.41 Å². The van der Waals surface area contributed by atoms with Crippen molar-refractivity contribution >= 4 is 5.69 Å². The molecule has 0 unspecified atom stereocenters. The zero-order valence-corrected chi connectivity index (χ0v) is 19.5. The third-order valence-corrected chi connectivity index (χ3v) is 7.09. The maximum absolute atomic E-state index is 13.5. The zero-order chi connectivity index (χ0) is 23.1. The molecule has 1 aromatic heterocycles. The molecule has 2 aromatic rings. The maximum atomic E-state index is 13.5. The Morgan fingerprint density at radius 1 is 1.03 bits per heavy atom. The summed E-state index contributed by atoms with van der Waals surface area (Å²) in [7, 11) is 0. The van der Waals surface area contributed by atoms with Crippen molar-refractivity contribution in [3.63, 3.8) is 0 Å². The molecule has 7 nitrogen and oxygen atoms in total. The monoisotopic (exact) mass is 461 g/mol. The van der Waals surface area contributed by atoms with E-state index < -0.39 is 6.11 Å². The van der Waals surface area contributed by atoms with Gasteiger partial charge in [-0.2, -0.15) is 13.9 Å². The van der Waals surface area contributed by atoms with Crippen molar-refractivity contribution in [3.8, 4) is 11.4 Å². The van der Waals surface area contributed by atoms with Gasteiger partial charge in [0, 0.05) is 64.2 Å². The first-order chi connectivity index (χ1) is 15.9. The summed E-state index contributed by atoms with van der Waals surface area (Å²) >= 11 is 0. The molecule has 0 aliphatic carbocycles. The van der Waals surface area contributed by atoms with Gasteiger partial charge in [0.2, 0.25) is 0 Å². The predicted molar refractivity (Wildman–Crippen MR) is 123 cm³/mol. The quantitative estimate of drug-likeness (QED) is 0.602. The number of rotatable bonds is 8. The van der Waals surface area contributed by atoms with Crippen molar-refractivity contribution in [2.24, 2.45) is 5.41 Å². The lowest BCUT2D eigenvalue weighted by atomic mass is 9.72. The fourth-order valence-corrected chi connectivity index (χ4v) is 5.17. The number of morpholine rings is 1. The Bertz CT molecular complexity index is 944. The standard InChI is InChI=1S/C24H33F2N5O2/c1-3-24(25,26)33-21-6-4-20(5-7-21)31-19(2)22(14-27-31)30-17-23(18-30)15-29(16-23)9-8-28-10-12-32-13-11-28/h4-7,14H,3,8-13,15-18H2,1-2H3. The van der Waals surface area contributed by atoms with Crippen molar-refractivity contribution in [3.05, 3.63) is 36.2 Å². The molecule has 180 valence electrons. The van der Waals surface area contributed by atoms with Gasteiger partial charge in [0.25, 0.3) is 0 Å². The summed E-state index contributed by atoms with van der Waals surface area (Å²) in [6.45, 7) is 14.0. The number of nitrogens with zero attached hydrogens (tertiary/aromatic N) is 5. The topological polar surface area (TPSA) is 46.0 Å². The second-order valence-electron chi connectivity index (χ2n) is 9.63. The molecular formula is C24H33F2N5O2. The van der Waals surface area contributed by atoms with Crippen LogP contribution in [0.15, 0.2) is 30.5 Å². The molecule has 0 saturated carbocycles. The molecule has 0 radical (unpaired) electrons. The van der Waals surface area contributed by atoms with E-state index in [1.54, 1.807) is 24.3 Å². The lowest BCUT2D eigenvalue weighted by Gasteiger charge is -2.61. The van der Waals surface area contributed by atoms with E-state index in [2.05, 4.69) is 26.7 Å². The van der Waals surface area contributed by atoms with E-state index in [4.69, 9.17) is 9.47 Å². The molecule has 1 aromatic carbocycles. The van der Waals surface area contributed by atoms with Crippen LogP contribution < -0.4 is 9.64 Å². The molecule has 3 saturated heterocycles. The minimum absolute atomic E-state index is 0.156. The largest absolute Gasteiger partial charge is 0.433 e. The third kappa shape index (κ3) is 4.72. The van der Waals surface area contributed by atoms with E-state index in [-0.39, 0.29) is 12.2 Å². The normalized spacial score (nSPS) is 21.2. The van der Waals surface area contributed by atoms with Gasteiger partial charge in [0.1, 0.15) is 5.75 Å². The Labute approximate surface area is 193 Å². The number of anilines is 1. The van der Waals surface area contributed by atoms with Crippen LogP contribution in [0.4, 0.5) is 14.5 Å². The van der Waals surface area contributed by atoms with Gasteiger partial charge in [0.05, 0.1) is 36.5 Å². The first-order valence-corrected chi connectivity index (χ1v) is 11.9. The summed E-state index contributed by atoms with van der Waals surface area (Å²) in [6, 6.07) is 6.66. The highest BCUT2D eigenvalue weighted by molar-refractivity contribution is 5.55. The van der Waals surface area contributed by atoms with Crippen LogP contribution in [0.2, 0.25) is 0 Å². The second-order valence-corrected chi connectivity index (χ2v) is 9.63. The minimum atomic E-state index is -3.15. The van der Waals surface area contributed by atoms with E-state index in [1.807, 2.05) is 10.9 Å². The highest BCUT2D eigenvalue weighted by atomic mass is 19.3. The highest BCUT2D eigenvalue weighted by Crippen LogP contribution is 2.42. The predicted octanol–water partition coefficient (Wildman–Crippen LogP) is 3.02. The molecular weight excluding hydrogens is 428 g/mol. The summed E-state index contributed by atoms with van der Waals surface area (Å²) in [5.41, 5.74) is 3.45. The van der Waals surface area contributed by atoms with Crippen LogP contribution in [0.3, 0.4) is 0 Å². The molecule has 3 aliphatic heterocycles. The van der Waals surface area contributed by atoms with Gasteiger partial charge in [-0.15, -0.1) is 0 Å². The van der Waals surface area contributed by atoms with Crippen LogP contribution in [0.25, 0.3) is 5.69 Å². The minimum Gasteiger partial charge on any atom is -0.433 e. The van der Waals surface area contributed by atoms with Crippen molar-refractivity contribution in [2.45, 2.75) is 26.4 Å². The number of aromatic nitrogens is 2. The molecule has 0 amide bonds. The number of ether oxygens (including phenoxy) is 2. The van der Waals surface area contributed by atoms with Crippen LogP contribution >= 0.6 is 0 Å². The molecule has 3 aliphatic rings. The van der Waals surface area contributed by atoms with Gasteiger partial charge in [0.15, 0.2) is 0 Å². The number of hydrogen-bond donors (Lipinski definition) is 0. The molecule has 5 rings (SSSR count). The van der Waals surface area contributed by atoms with E-state index in [0.717, 1.165) is 69.6 Å². The summed E-state index contributed by atoms with van der Waals surface area (Å²) in [5, 5.41) is 4.56. The summed E-state index contributed by atoms with van der Waals surface area (Å²) in [5.74, 6) is 0.156. The number of likely N-dealkylation sites (tertiary alicyclic amines) is 1. The smallest absolute Gasteiger partial charge is 0.397 e. The Balaban J connectivity index is 1.13. The molecule has 0 atom stereocenters. The number of halogens is 2. The Hall–Kier alpha value is -2.23. The van der Waals surface area contributed by atoms with Crippen LogP contribution in [-0.2, 0) is 4.74 Å². The van der Waals surface area contributed by atoms with Crippen LogP contribution in [-0.4, -0.2) is 91.3 Å². The van der Waals surface area contributed by atoms with Crippen molar-refractivity contribution < 1.29 is 18.3 Å². The fourth-order valence-electron chi connectivity index (χ4n) is 5.17. The molecule has 0 bridgehead atoms. The van der Waals surface area contributed by atoms with E-state index in [1.165, 1.54) is 20.0 Å². The second kappa shape index (κ2) is 8.85. The first kappa shape index (κ1) is 22.6. The summed E-state index contributed by atoms with van der Waals surface area (Å²) in [6.07, 6.45) is -1.60. The Kier molecular flexibility index (Phi) is 6.05. The summed E-state index contributed by atoms with van der Waals surface area (Å²) in [4.78, 5) is 7.46. The number of benzene rings is 1. The van der Waals surface area contributed by atoms with Gasteiger partial charge in [-0.25, -0.2) is 4.68 Å². The average Bonchev–Trinajstić information content (AvgIpc) is 3.13. The average molecular weight is 462 g/mol. The highest BCUT2D eigenvalue weighted by Gasteiger charge is 2.51. The van der Waals surface area contributed by atoms with Crippen LogP contribution in [0, 0.1) is 12.3 Å². The molecule has 1 spiro atoms. The van der Waals surface area contributed by atoms with Gasteiger partial charge in [-0.05, 0) is 31.2 Å². The first-order valence-electron chi connectivity index (χ1n) is 11.9. The zero-order valence-electron chi connectivity index (χ0n) is 19.5. The van der Waals surface area contributed by atoms with Crippen LogP contribution in [0.5, 0.6) is 5.75 Å². The van der Waals surface area contributed by atoms with E-state index >= 15 is 0 Å². The van der Waals surface area contributed by atoms with Gasteiger partial charge >= 0.3 is 6.11 Å². The van der Waals surface area contributed by atoms with Crippen molar-refractivity contribution in [1.82, 2.24) is 19.6 Å². The van der Waals surface area contributed by atoms with Gasteiger partial charge in [-0.3, -0.25) is 4.90 Å². The summed E-state index contributed by atoms with van der Waals surface area (Å²) < 4.78 is 39.0. The third-order valence-electron chi connectivity index (χ3n) is 7.09. The van der Waals surface area contributed by atoms with Crippen molar-refractivity contribution in [2.75, 3.05) is 70.5 Å². The van der Waals surface area contributed by atoms with Gasteiger partial charge < -0.3 is 19.3 Å². The molecule has 0 N–H and O–H groups in total. The lowest BCUT2D eigenvalue weighted by Crippen LogP contribution is -2.72. The molecule has 4 heterocycles. The Morgan fingerprint density at radius 2 is 1.70 bits per heavy atom. The SMILES string of the molecule is CCC(F)(F)Oc1ccc(-n2ncc(N3CC4(CN(CCN5CCOCC5)C4)C3)c2C)cc1. The van der Waals surface area contributed by atoms with Crippen LogP contribution in [0.1, 0.15) is 19.0 Å². The van der Waals surface area contributed by atoms with Gasteiger partial charge in [-0.1, -0.05) is 6.92 Å². The lowest BCUT2D eigenvalue weighted by molar-refractivity contribution is -0.177. The molecule has 3 fully saturated rings.